The second-order valence-electron chi connectivity index (χ2n) is 12.9. The number of benzene rings is 2. The van der Waals surface area contributed by atoms with Crippen molar-refractivity contribution in [1.82, 2.24) is 20.4 Å². The van der Waals surface area contributed by atoms with Crippen LogP contribution in [0.15, 0.2) is 54.6 Å². The van der Waals surface area contributed by atoms with Gasteiger partial charge in [0, 0.05) is 26.2 Å². The number of hydrogen-bond acceptors (Lipinski definition) is 5. The molecule has 3 fully saturated rings. The molecule has 3 aliphatic rings. The molecular weight excluding hydrogens is 512 g/mol. The number of nitrogens with zero attached hydrogens (tertiary/aromatic N) is 2. The maximum Gasteiger partial charge on any atom is 0.243 e. The van der Waals surface area contributed by atoms with Gasteiger partial charge in [-0.1, -0.05) is 68.4 Å². The molecule has 2 heterocycles. The Hall–Kier alpha value is -2.74. The summed E-state index contributed by atoms with van der Waals surface area (Å²) < 4.78 is 0. The first-order valence-corrected chi connectivity index (χ1v) is 15.6. The molecule has 7 heteroatoms. The Morgan fingerprint density at radius 3 is 2.51 bits per heavy atom. The summed E-state index contributed by atoms with van der Waals surface area (Å²) in [6.45, 7) is 9.79. The highest BCUT2D eigenvalue weighted by molar-refractivity contribution is 5.94. The van der Waals surface area contributed by atoms with Gasteiger partial charge in [-0.25, -0.2) is 0 Å². The van der Waals surface area contributed by atoms with Crippen LogP contribution in [-0.4, -0.2) is 76.6 Å². The Labute approximate surface area is 245 Å². The molecule has 7 nitrogen and oxygen atoms in total. The number of carbonyl (C=O) groups excluding carboxylic acids is 2. The standard InChI is InChI=1S/C34H48N4O3/c1-24(2)29-12-7-11-28(19-29)21-35-22-31(39)30(20-26-9-5-4-6-10-26)36-32(40)25(3)38-18-16-34(33(38)41)15-8-17-37(34)23-27-13-14-27/h4-7,9-12,19,24-25,27,30-31,35,39H,8,13-18,20-23H2,1-3H3,(H,36,40)/t25?,30-,31+,34-/m0/s1. The van der Waals surface area contributed by atoms with E-state index in [9.17, 15) is 14.7 Å². The minimum Gasteiger partial charge on any atom is -0.390 e. The molecule has 222 valence electrons. The molecule has 2 saturated heterocycles. The minimum atomic E-state index is -0.788. The van der Waals surface area contributed by atoms with Crippen LogP contribution in [0.4, 0.5) is 0 Å². The van der Waals surface area contributed by atoms with Gasteiger partial charge in [-0.2, -0.15) is 0 Å². The summed E-state index contributed by atoms with van der Waals surface area (Å²) in [6.07, 6.45) is 5.01. The maximum absolute atomic E-state index is 13.8. The zero-order valence-corrected chi connectivity index (χ0v) is 25.0. The zero-order valence-electron chi connectivity index (χ0n) is 25.0. The summed E-state index contributed by atoms with van der Waals surface area (Å²) in [7, 11) is 0. The van der Waals surface area contributed by atoms with Gasteiger partial charge in [0.1, 0.15) is 11.6 Å². The van der Waals surface area contributed by atoms with E-state index in [1.165, 1.54) is 24.0 Å². The Bertz CT molecular complexity index is 1180. The second-order valence-corrected chi connectivity index (χ2v) is 12.9. The maximum atomic E-state index is 13.8. The molecule has 1 unspecified atom stereocenters. The van der Waals surface area contributed by atoms with Crippen molar-refractivity contribution < 1.29 is 14.7 Å². The van der Waals surface area contributed by atoms with Crippen LogP contribution >= 0.6 is 0 Å². The lowest BCUT2D eigenvalue weighted by molar-refractivity contribution is -0.143. The first-order valence-electron chi connectivity index (χ1n) is 15.6. The van der Waals surface area contributed by atoms with Crippen LogP contribution in [0.2, 0.25) is 0 Å². The number of rotatable bonds is 13. The van der Waals surface area contributed by atoms with E-state index in [1.54, 1.807) is 4.90 Å². The van der Waals surface area contributed by atoms with Gasteiger partial charge < -0.3 is 20.6 Å². The average Bonchev–Trinajstić information content (AvgIpc) is 3.61. The van der Waals surface area contributed by atoms with Crippen molar-refractivity contribution in [2.75, 3.05) is 26.2 Å². The highest BCUT2D eigenvalue weighted by Gasteiger charge is 2.55. The molecule has 2 aliphatic heterocycles. The molecule has 0 radical (unpaired) electrons. The third-order valence-corrected chi connectivity index (χ3v) is 9.46. The molecule has 0 bridgehead atoms. The number of carbonyl (C=O) groups is 2. The molecule has 2 aromatic rings. The van der Waals surface area contributed by atoms with Crippen LogP contribution in [-0.2, 0) is 22.6 Å². The number of likely N-dealkylation sites (tertiary alicyclic amines) is 2. The van der Waals surface area contributed by atoms with Gasteiger partial charge in [-0.15, -0.1) is 0 Å². The van der Waals surface area contributed by atoms with Crippen molar-refractivity contribution in [1.29, 1.82) is 0 Å². The van der Waals surface area contributed by atoms with Crippen molar-refractivity contribution in [3.05, 3.63) is 71.3 Å². The van der Waals surface area contributed by atoms with E-state index in [2.05, 4.69) is 53.6 Å². The molecule has 5 rings (SSSR count). The van der Waals surface area contributed by atoms with Crippen molar-refractivity contribution in [3.63, 3.8) is 0 Å². The van der Waals surface area contributed by atoms with Crippen molar-refractivity contribution in [2.45, 2.75) is 95.5 Å². The monoisotopic (exact) mass is 560 g/mol. The first kappa shape index (κ1) is 29.7. The molecule has 1 spiro atoms. The van der Waals surface area contributed by atoms with Crippen LogP contribution in [0.1, 0.15) is 75.5 Å². The molecule has 41 heavy (non-hydrogen) atoms. The van der Waals surface area contributed by atoms with Crippen molar-refractivity contribution in [2.24, 2.45) is 5.92 Å². The van der Waals surface area contributed by atoms with Crippen molar-refractivity contribution >= 4 is 11.8 Å². The fourth-order valence-corrected chi connectivity index (χ4v) is 6.65. The van der Waals surface area contributed by atoms with Gasteiger partial charge in [0.05, 0.1) is 12.1 Å². The summed E-state index contributed by atoms with van der Waals surface area (Å²) in [5.41, 5.74) is 3.09. The molecule has 4 atom stereocenters. The smallest absolute Gasteiger partial charge is 0.243 e. The highest BCUT2D eigenvalue weighted by Crippen LogP contribution is 2.42. The van der Waals surface area contributed by atoms with Crippen LogP contribution < -0.4 is 10.6 Å². The lowest BCUT2D eigenvalue weighted by Crippen LogP contribution is -2.57. The van der Waals surface area contributed by atoms with Gasteiger partial charge in [0.2, 0.25) is 11.8 Å². The Kier molecular flexibility index (Phi) is 9.47. The molecule has 0 aromatic heterocycles. The number of aliphatic hydroxyl groups is 1. The van der Waals surface area contributed by atoms with E-state index in [4.69, 9.17) is 0 Å². The number of aliphatic hydroxyl groups excluding tert-OH is 1. The Morgan fingerprint density at radius 2 is 1.78 bits per heavy atom. The third-order valence-electron chi connectivity index (χ3n) is 9.46. The van der Waals surface area contributed by atoms with Crippen molar-refractivity contribution in [3.8, 4) is 0 Å². The fraction of sp³-hybridized carbons (Fsp3) is 0.588. The lowest BCUT2D eigenvalue weighted by atomic mass is 9.94. The number of amides is 2. The molecule has 2 aromatic carbocycles. The van der Waals surface area contributed by atoms with E-state index >= 15 is 0 Å². The molecule has 2 amide bonds. The van der Waals surface area contributed by atoms with E-state index < -0.39 is 23.7 Å². The van der Waals surface area contributed by atoms with Crippen LogP contribution in [0.3, 0.4) is 0 Å². The van der Waals surface area contributed by atoms with E-state index in [0.717, 1.165) is 43.8 Å². The third kappa shape index (κ3) is 7.02. The molecule has 1 saturated carbocycles. The summed E-state index contributed by atoms with van der Waals surface area (Å²) >= 11 is 0. The molecular formula is C34H48N4O3. The Morgan fingerprint density at radius 1 is 1.02 bits per heavy atom. The summed E-state index contributed by atoms with van der Waals surface area (Å²) in [4.78, 5) is 31.6. The topological polar surface area (TPSA) is 84.9 Å². The number of nitrogens with one attached hydrogen (secondary N) is 2. The zero-order chi connectivity index (χ0) is 29.0. The predicted molar refractivity (Wildman–Crippen MR) is 162 cm³/mol. The summed E-state index contributed by atoms with van der Waals surface area (Å²) in [5, 5.41) is 17.8. The van der Waals surface area contributed by atoms with Crippen LogP contribution in [0.25, 0.3) is 0 Å². The average molecular weight is 561 g/mol. The normalized spacial score (nSPS) is 23.3. The van der Waals surface area contributed by atoms with Gasteiger partial charge >= 0.3 is 0 Å². The summed E-state index contributed by atoms with van der Waals surface area (Å²) in [5.74, 6) is 1.11. The van der Waals surface area contributed by atoms with Gasteiger partial charge in [0.25, 0.3) is 0 Å². The van der Waals surface area contributed by atoms with Gasteiger partial charge in [-0.05, 0) is 80.5 Å². The Balaban J connectivity index is 1.21. The van der Waals surface area contributed by atoms with E-state index in [-0.39, 0.29) is 11.8 Å². The highest BCUT2D eigenvalue weighted by atomic mass is 16.3. The van der Waals surface area contributed by atoms with Crippen LogP contribution in [0, 0.1) is 5.92 Å². The van der Waals surface area contributed by atoms with Gasteiger partial charge in [-0.3, -0.25) is 14.5 Å². The van der Waals surface area contributed by atoms with E-state index in [1.807, 2.05) is 37.3 Å². The largest absolute Gasteiger partial charge is 0.390 e. The SMILES string of the molecule is CC(C)c1cccc(CNC[C@@H](O)[C@H](Cc2ccccc2)NC(=O)C(C)N2CC[C@@]3(CCCN3CC3CC3)C2=O)c1. The van der Waals surface area contributed by atoms with Crippen LogP contribution in [0.5, 0.6) is 0 Å². The lowest BCUT2D eigenvalue weighted by Gasteiger charge is -2.35. The van der Waals surface area contributed by atoms with Gasteiger partial charge in [0.15, 0.2) is 0 Å². The van der Waals surface area contributed by atoms with E-state index in [0.29, 0.717) is 32.0 Å². The second kappa shape index (κ2) is 13.1. The predicted octanol–water partition coefficient (Wildman–Crippen LogP) is 3.85. The quantitative estimate of drug-likeness (QED) is 0.347. The number of hydrogen-bond donors (Lipinski definition) is 3. The molecule has 1 aliphatic carbocycles. The minimum absolute atomic E-state index is 0.115. The summed E-state index contributed by atoms with van der Waals surface area (Å²) in [6, 6.07) is 17.4. The molecule has 3 N–H and O–H groups in total. The fourth-order valence-electron chi connectivity index (χ4n) is 6.65. The first-order chi connectivity index (χ1) is 19.8.